The minimum atomic E-state index is -0.497. The summed E-state index contributed by atoms with van der Waals surface area (Å²) in [6.45, 7) is 12.8. The molecule has 10 heteroatoms. The molecule has 0 saturated heterocycles. The van der Waals surface area contributed by atoms with Gasteiger partial charge in [0.25, 0.3) is 5.91 Å². The molecule has 1 aliphatic carbocycles. The quantitative estimate of drug-likeness (QED) is 0.231. The zero-order valence-electron chi connectivity index (χ0n) is 22.3. The van der Waals surface area contributed by atoms with Crippen LogP contribution in [0.4, 0.5) is 5.00 Å². The highest BCUT2D eigenvalue weighted by atomic mass is 32.2. The van der Waals surface area contributed by atoms with Crippen molar-refractivity contribution in [3.05, 3.63) is 64.3 Å². The summed E-state index contributed by atoms with van der Waals surface area (Å²) < 4.78 is 8.04. The molecule has 3 N–H and O–H groups in total. The molecule has 2 heterocycles. The van der Waals surface area contributed by atoms with Gasteiger partial charge in [-0.05, 0) is 61.3 Å². The normalized spacial score (nSPS) is 15.7. The molecule has 202 valence electrons. The Labute approximate surface area is 232 Å². The lowest BCUT2D eigenvalue weighted by molar-refractivity contribution is -0.113. The molecule has 2 amide bonds. The number of anilines is 1. The van der Waals surface area contributed by atoms with E-state index in [0.717, 1.165) is 35.5 Å². The Morgan fingerprint density at radius 2 is 2.03 bits per heavy atom. The van der Waals surface area contributed by atoms with E-state index in [1.165, 1.54) is 28.7 Å². The van der Waals surface area contributed by atoms with E-state index in [0.29, 0.717) is 39.9 Å². The van der Waals surface area contributed by atoms with Gasteiger partial charge < -0.3 is 15.8 Å². The zero-order chi connectivity index (χ0) is 27.4. The molecule has 4 rings (SSSR count). The molecule has 0 saturated carbocycles. The second kappa shape index (κ2) is 12.2. The number of nitrogens with one attached hydrogen (secondary N) is 1. The Morgan fingerprint density at radius 3 is 2.68 bits per heavy atom. The molecule has 3 aromatic rings. The highest BCUT2D eigenvalue weighted by Gasteiger charge is 2.27. The van der Waals surface area contributed by atoms with Crippen LogP contribution in [-0.4, -0.2) is 32.3 Å². The van der Waals surface area contributed by atoms with Crippen LogP contribution in [0.25, 0.3) is 0 Å². The summed E-state index contributed by atoms with van der Waals surface area (Å²) >= 11 is 2.74. The van der Waals surface area contributed by atoms with Crippen LogP contribution in [-0.2, 0) is 24.2 Å². The van der Waals surface area contributed by atoms with Gasteiger partial charge in [-0.25, -0.2) is 0 Å². The van der Waals surface area contributed by atoms with E-state index >= 15 is 0 Å². The van der Waals surface area contributed by atoms with E-state index in [1.54, 1.807) is 6.08 Å². The maximum atomic E-state index is 12.9. The highest BCUT2D eigenvalue weighted by molar-refractivity contribution is 7.99. The number of aromatic nitrogens is 3. The largest absolute Gasteiger partial charge is 0.483 e. The SMILES string of the molecule is C=CCn1c(SCC(=O)Nc2sc3c(c2C(N)=O)CCC(C)C3)nnc1C(C)Oc1ccc(C(C)C)cc1. The number of hydrogen-bond donors (Lipinski definition) is 2. The number of ether oxygens (including phenoxy) is 1. The van der Waals surface area contributed by atoms with Gasteiger partial charge in [-0.1, -0.05) is 50.7 Å². The number of fused-ring (bicyclic) bond motifs is 1. The van der Waals surface area contributed by atoms with E-state index in [4.69, 9.17) is 10.5 Å². The summed E-state index contributed by atoms with van der Waals surface area (Å²) in [7, 11) is 0. The number of allylic oxidation sites excluding steroid dienone is 1. The summed E-state index contributed by atoms with van der Waals surface area (Å²) in [5.41, 5.74) is 8.38. The number of primary amides is 1. The average molecular weight is 554 g/mol. The average Bonchev–Trinajstić information content (AvgIpc) is 3.43. The Kier molecular flexibility index (Phi) is 8.94. The van der Waals surface area contributed by atoms with Crippen LogP contribution in [0.15, 0.2) is 42.1 Å². The van der Waals surface area contributed by atoms with Crippen molar-refractivity contribution in [3.63, 3.8) is 0 Å². The van der Waals surface area contributed by atoms with Crippen LogP contribution >= 0.6 is 23.1 Å². The third-order valence-electron chi connectivity index (χ3n) is 6.62. The molecule has 8 nitrogen and oxygen atoms in total. The van der Waals surface area contributed by atoms with Gasteiger partial charge in [-0.2, -0.15) is 0 Å². The molecule has 38 heavy (non-hydrogen) atoms. The van der Waals surface area contributed by atoms with E-state index < -0.39 is 5.91 Å². The van der Waals surface area contributed by atoms with Gasteiger partial charge in [0.05, 0.1) is 11.3 Å². The van der Waals surface area contributed by atoms with Crippen LogP contribution in [0, 0.1) is 5.92 Å². The minimum Gasteiger partial charge on any atom is -0.483 e. The predicted molar refractivity (Wildman–Crippen MR) is 153 cm³/mol. The first-order valence-electron chi connectivity index (χ1n) is 12.9. The van der Waals surface area contributed by atoms with E-state index in [-0.39, 0.29) is 17.8 Å². The van der Waals surface area contributed by atoms with Gasteiger partial charge in [-0.15, -0.1) is 28.1 Å². The Hall–Kier alpha value is -3.11. The zero-order valence-corrected chi connectivity index (χ0v) is 24.0. The molecular formula is C28H35N5O3S2. The van der Waals surface area contributed by atoms with Gasteiger partial charge >= 0.3 is 0 Å². The van der Waals surface area contributed by atoms with Gasteiger partial charge in [0.1, 0.15) is 10.8 Å². The molecule has 2 atom stereocenters. The summed E-state index contributed by atoms with van der Waals surface area (Å²) in [5.74, 6) is 1.79. The molecule has 1 aromatic carbocycles. The van der Waals surface area contributed by atoms with Crippen LogP contribution in [0.1, 0.15) is 78.3 Å². The number of nitrogens with zero attached hydrogens (tertiary/aromatic N) is 3. The highest BCUT2D eigenvalue weighted by Crippen LogP contribution is 2.39. The number of thiophene rings is 1. The first kappa shape index (κ1) is 27.9. The van der Waals surface area contributed by atoms with Crippen molar-refractivity contribution in [2.45, 2.75) is 70.7 Å². The van der Waals surface area contributed by atoms with E-state index in [9.17, 15) is 9.59 Å². The molecule has 0 fully saturated rings. The number of benzene rings is 1. The van der Waals surface area contributed by atoms with Crippen LogP contribution < -0.4 is 15.8 Å². The van der Waals surface area contributed by atoms with Gasteiger partial charge in [0, 0.05) is 11.4 Å². The van der Waals surface area contributed by atoms with Gasteiger partial charge in [0.2, 0.25) is 5.91 Å². The Balaban J connectivity index is 1.43. The molecule has 1 aliphatic rings. The number of rotatable bonds is 11. The fraction of sp³-hybridized carbons (Fsp3) is 0.429. The molecule has 2 unspecified atom stereocenters. The molecule has 2 aromatic heterocycles. The number of amides is 2. The lowest BCUT2D eigenvalue weighted by Crippen LogP contribution is -2.20. The summed E-state index contributed by atoms with van der Waals surface area (Å²) in [4.78, 5) is 26.2. The maximum absolute atomic E-state index is 12.9. The number of carbonyl (C=O) groups excluding carboxylic acids is 2. The van der Waals surface area contributed by atoms with Crippen molar-refractivity contribution in [3.8, 4) is 5.75 Å². The third kappa shape index (κ3) is 6.30. The molecule has 0 radical (unpaired) electrons. The van der Waals surface area contributed by atoms with Crippen LogP contribution in [0.5, 0.6) is 5.75 Å². The fourth-order valence-electron chi connectivity index (χ4n) is 4.59. The fourth-order valence-corrected chi connectivity index (χ4v) is 6.78. The van der Waals surface area contributed by atoms with Crippen molar-refractivity contribution in [1.82, 2.24) is 14.8 Å². The monoisotopic (exact) mass is 553 g/mol. The summed E-state index contributed by atoms with van der Waals surface area (Å²) in [6, 6.07) is 8.05. The number of carbonyl (C=O) groups is 2. The second-order valence-corrected chi connectivity index (χ2v) is 12.0. The number of hydrogen-bond acceptors (Lipinski definition) is 7. The van der Waals surface area contributed by atoms with E-state index in [1.807, 2.05) is 23.6 Å². The van der Waals surface area contributed by atoms with E-state index in [2.05, 4.69) is 55.0 Å². The lowest BCUT2D eigenvalue weighted by atomic mass is 9.88. The molecule has 0 bridgehead atoms. The first-order chi connectivity index (χ1) is 18.2. The Bertz CT molecular complexity index is 1310. The van der Waals surface area contributed by atoms with Crippen molar-refractivity contribution in [2.75, 3.05) is 11.1 Å². The topological polar surface area (TPSA) is 112 Å². The maximum Gasteiger partial charge on any atom is 0.251 e. The Morgan fingerprint density at radius 1 is 1.29 bits per heavy atom. The summed E-state index contributed by atoms with van der Waals surface area (Å²) in [6.07, 6.45) is 4.14. The first-order valence-corrected chi connectivity index (χ1v) is 14.7. The predicted octanol–water partition coefficient (Wildman–Crippen LogP) is 5.74. The van der Waals surface area contributed by atoms with Crippen molar-refractivity contribution in [2.24, 2.45) is 11.7 Å². The second-order valence-electron chi connectivity index (χ2n) is 9.98. The van der Waals surface area contributed by atoms with Crippen molar-refractivity contribution < 1.29 is 14.3 Å². The smallest absolute Gasteiger partial charge is 0.251 e. The van der Waals surface area contributed by atoms with Crippen LogP contribution in [0.3, 0.4) is 0 Å². The number of thioether (sulfide) groups is 1. The van der Waals surface area contributed by atoms with Gasteiger partial charge in [-0.3, -0.25) is 14.2 Å². The van der Waals surface area contributed by atoms with Crippen molar-refractivity contribution >= 4 is 39.9 Å². The van der Waals surface area contributed by atoms with Crippen LogP contribution in [0.2, 0.25) is 0 Å². The number of nitrogens with two attached hydrogens (primary N) is 1. The third-order valence-corrected chi connectivity index (χ3v) is 8.76. The lowest BCUT2D eigenvalue weighted by Gasteiger charge is -2.18. The van der Waals surface area contributed by atoms with Gasteiger partial charge in [0.15, 0.2) is 17.1 Å². The molecule has 0 spiro atoms. The minimum absolute atomic E-state index is 0.109. The standard InChI is InChI=1S/C28H35N5O3S2/c1-6-13-33-26(18(5)36-20-10-8-19(9-11-20)16(2)3)31-32-28(33)37-15-23(34)30-27-24(25(29)35)21-12-7-17(4)14-22(21)38-27/h6,8-11,16-18H,1,7,12-15H2,2-5H3,(H2,29,35)(H,30,34). The summed E-state index contributed by atoms with van der Waals surface area (Å²) in [5, 5.41) is 12.7. The van der Waals surface area contributed by atoms with Crippen molar-refractivity contribution in [1.29, 1.82) is 0 Å². The molecular weight excluding hydrogens is 518 g/mol. The molecule has 0 aliphatic heterocycles.